The fourth-order valence-corrected chi connectivity index (χ4v) is 5.82. The van der Waals surface area contributed by atoms with Crippen molar-refractivity contribution in [2.45, 2.75) is 57.8 Å². The number of aryl methyl sites for hydroxylation is 3. The van der Waals surface area contributed by atoms with E-state index in [4.69, 9.17) is 16.6 Å². The van der Waals surface area contributed by atoms with Crippen molar-refractivity contribution in [2.24, 2.45) is 5.92 Å². The van der Waals surface area contributed by atoms with Crippen LogP contribution in [0.4, 0.5) is 0 Å². The molecule has 3 heterocycles. The van der Waals surface area contributed by atoms with E-state index in [2.05, 4.69) is 41.6 Å². The Balaban J connectivity index is 1.77. The number of halogens is 1. The molecule has 29 heavy (non-hydrogen) atoms. The molecule has 2 aliphatic rings. The predicted octanol–water partition coefficient (Wildman–Crippen LogP) is 5.79. The van der Waals surface area contributed by atoms with Crippen molar-refractivity contribution in [3.05, 3.63) is 63.6 Å². The smallest absolute Gasteiger partial charge is 0.0650 e. The van der Waals surface area contributed by atoms with Crippen molar-refractivity contribution >= 4 is 22.5 Å². The second-order valence-corrected chi connectivity index (χ2v) is 9.12. The number of fused-ring (bicyclic) bond motifs is 4. The SMILES string of the molecule is CCCCc1c[nH]c2c(Cl)cc3c(c12)[C@H](C1CCNCC1)c1ncccc1CC3. The van der Waals surface area contributed by atoms with Gasteiger partial charge in [-0.15, -0.1) is 0 Å². The molecule has 0 unspecified atom stereocenters. The van der Waals surface area contributed by atoms with Crippen LogP contribution in [0, 0.1) is 5.92 Å². The number of nitrogens with one attached hydrogen (secondary N) is 2. The van der Waals surface area contributed by atoms with Gasteiger partial charge < -0.3 is 10.3 Å². The number of nitrogens with zero attached hydrogens (tertiary/aromatic N) is 1. The highest BCUT2D eigenvalue weighted by Gasteiger charge is 2.35. The van der Waals surface area contributed by atoms with Gasteiger partial charge in [0, 0.05) is 23.7 Å². The standard InChI is InChI=1S/C25H30ClN3/c1-2-3-5-19-15-29-25-20(26)14-18-8-7-17-6-4-11-28-24(17)22(21(18)23(19)25)16-9-12-27-13-10-16/h4,6,11,14-16,22,27,29H,2-3,5,7-10,12-13H2,1H3/t22-/m0/s1. The molecule has 4 heteroatoms. The van der Waals surface area contributed by atoms with Crippen LogP contribution in [-0.4, -0.2) is 23.1 Å². The monoisotopic (exact) mass is 407 g/mol. The van der Waals surface area contributed by atoms with Crippen molar-refractivity contribution in [3.63, 3.8) is 0 Å². The molecular weight excluding hydrogens is 378 g/mol. The van der Waals surface area contributed by atoms with Crippen LogP contribution in [0.2, 0.25) is 5.02 Å². The molecule has 1 fully saturated rings. The number of piperidine rings is 1. The molecular formula is C25H30ClN3. The second kappa shape index (κ2) is 8.12. The minimum Gasteiger partial charge on any atom is -0.360 e. The van der Waals surface area contributed by atoms with E-state index >= 15 is 0 Å². The molecule has 2 aromatic heterocycles. The molecule has 1 aromatic carbocycles. The Hall–Kier alpha value is -1.84. The normalized spacial score (nSPS) is 19.7. The zero-order chi connectivity index (χ0) is 19.8. The summed E-state index contributed by atoms with van der Waals surface area (Å²) in [6.07, 6.45) is 12.2. The van der Waals surface area contributed by atoms with Crippen molar-refractivity contribution in [1.82, 2.24) is 15.3 Å². The molecule has 1 atom stereocenters. The Morgan fingerprint density at radius 1 is 1.17 bits per heavy atom. The van der Waals surface area contributed by atoms with Gasteiger partial charge in [-0.05, 0) is 91.9 Å². The van der Waals surface area contributed by atoms with Gasteiger partial charge in [0.15, 0.2) is 0 Å². The predicted molar refractivity (Wildman–Crippen MR) is 121 cm³/mol. The lowest BCUT2D eigenvalue weighted by atomic mass is 9.75. The lowest BCUT2D eigenvalue weighted by Crippen LogP contribution is -2.32. The van der Waals surface area contributed by atoms with Crippen LogP contribution in [-0.2, 0) is 19.3 Å². The molecule has 0 amide bonds. The molecule has 3 nitrogen and oxygen atoms in total. The highest BCUT2D eigenvalue weighted by Crippen LogP contribution is 2.46. The van der Waals surface area contributed by atoms with Gasteiger partial charge in [0.1, 0.15) is 0 Å². The number of benzene rings is 1. The molecule has 1 aliphatic carbocycles. The molecule has 0 radical (unpaired) electrons. The second-order valence-electron chi connectivity index (χ2n) is 8.71. The first-order valence-corrected chi connectivity index (χ1v) is 11.6. The summed E-state index contributed by atoms with van der Waals surface area (Å²) >= 11 is 6.78. The van der Waals surface area contributed by atoms with E-state index in [0.29, 0.717) is 11.8 Å². The van der Waals surface area contributed by atoms with Gasteiger partial charge in [0.05, 0.1) is 16.2 Å². The van der Waals surface area contributed by atoms with Gasteiger partial charge in [0.25, 0.3) is 0 Å². The zero-order valence-corrected chi connectivity index (χ0v) is 18.0. The average molecular weight is 408 g/mol. The van der Waals surface area contributed by atoms with Gasteiger partial charge in [-0.1, -0.05) is 31.0 Å². The highest BCUT2D eigenvalue weighted by atomic mass is 35.5. The fraction of sp³-hybridized carbons (Fsp3) is 0.480. The third-order valence-corrected chi connectivity index (χ3v) is 7.27. The van der Waals surface area contributed by atoms with Gasteiger partial charge in [-0.3, -0.25) is 4.98 Å². The molecule has 0 spiro atoms. The van der Waals surface area contributed by atoms with E-state index in [0.717, 1.165) is 42.9 Å². The van der Waals surface area contributed by atoms with Gasteiger partial charge in [0.2, 0.25) is 0 Å². The Morgan fingerprint density at radius 2 is 2.00 bits per heavy atom. The first kappa shape index (κ1) is 19.1. The van der Waals surface area contributed by atoms with Crippen LogP contribution in [0.1, 0.15) is 66.5 Å². The van der Waals surface area contributed by atoms with E-state index in [1.54, 1.807) is 0 Å². The van der Waals surface area contributed by atoms with Crippen molar-refractivity contribution < 1.29 is 0 Å². The van der Waals surface area contributed by atoms with Gasteiger partial charge in [-0.2, -0.15) is 0 Å². The van der Waals surface area contributed by atoms with Gasteiger partial charge in [-0.25, -0.2) is 0 Å². The lowest BCUT2D eigenvalue weighted by Gasteiger charge is -2.32. The highest BCUT2D eigenvalue weighted by molar-refractivity contribution is 6.35. The lowest BCUT2D eigenvalue weighted by molar-refractivity contribution is 0.339. The number of rotatable bonds is 4. The summed E-state index contributed by atoms with van der Waals surface area (Å²) in [7, 11) is 0. The number of hydrogen-bond donors (Lipinski definition) is 2. The molecule has 5 rings (SSSR count). The Morgan fingerprint density at radius 3 is 2.83 bits per heavy atom. The topological polar surface area (TPSA) is 40.7 Å². The Labute approximate surface area is 178 Å². The zero-order valence-electron chi connectivity index (χ0n) is 17.2. The minimum atomic E-state index is 0.363. The molecule has 2 N–H and O–H groups in total. The van der Waals surface area contributed by atoms with Crippen LogP contribution in [0.15, 0.2) is 30.6 Å². The van der Waals surface area contributed by atoms with E-state index in [1.165, 1.54) is 59.0 Å². The van der Waals surface area contributed by atoms with Crippen molar-refractivity contribution in [1.29, 1.82) is 0 Å². The number of unbranched alkanes of at least 4 members (excludes halogenated alkanes) is 1. The third-order valence-electron chi connectivity index (χ3n) is 6.97. The van der Waals surface area contributed by atoms with E-state index in [9.17, 15) is 0 Å². The maximum atomic E-state index is 6.78. The summed E-state index contributed by atoms with van der Waals surface area (Å²) in [6.45, 7) is 4.47. The summed E-state index contributed by atoms with van der Waals surface area (Å²) in [6, 6.07) is 6.62. The molecule has 3 aromatic rings. The number of aromatic nitrogens is 2. The number of hydrogen-bond acceptors (Lipinski definition) is 2. The Bertz CT molecular complexity index is 1020. The maximum absolute atomic E-state index is 6.78. The molecule has 152 valence electrons. The van der Waals surface area contributed by atoms with Crippen molar-refractivity contribution in [3.8, 4) is 0 Å². The molecule has 1 aliphatic heterocycles. The van der Waals surface area contributed by atoms with Crippen LogP contribution >= 0.6 is 11.6 Å². The number of aromatic amines is 1. The summed E-state index contributed by atoms with van der Waals surface area (Å²) in [5, 5.41) is 5.81. The van der Waals surface area contributed by atoms with E-state index < -0.39 is 0 Å². The summed E-state index contributed by atoms with van der Waals surface area (Å²) in [5.74, 6) is 0.988. The molecule has 1 saturated heterocycles. The first-order valence-electron chi connectivity index (χ1n) is 11.2. The fourth-order valence-electron chi connectivity index (χ4n) is 5.53. The number of H-pyrrole nitrogens is 1. The molecule has 0 bridgehead atoms. The summed E-state index contributed by atoms with van der Waals surface area (Å²) in [4.78, 5) is 8.50. The van der Waals surface area contributed by atoms with Crippen LogP contribution < -0.4 is 5.32 Å². The summed E-state index contributed by atoms with van der Waals surface area (Å²) < 4.78 is 0. The third kappa shape index (κ3) is 3.39. The summed E-state index contributed by atoms with van der Waals surface area (Å²) in [5.41, 5.74) is 8.22. The quantitative estimate of drug-likeness (QED) is 0.574. The van der Waals surface area contributed by atoms with Crippen LogP contribution in [0.5, 0.6) is 0 Å². The van der Waals surface area contributed by atoms with Crippen molar-refractivity contribution in [2.75, 3.05) is 13.1 Å². The van der Waals surface area contributed by atoms with Crippen LogP contribution in [0.3, 0.4) is 0 Å². The maximum Gasteiger partial charge on any atom is 0.0650 e. The minimum absolute atomic E-state index is 0.363. The largest absolute Gasteiger partial charge is 0.360 e. The van der Waals surface area contributed by atoms with Crippen LogP contribution in [0.25, 0.3) is 10.9 Å². The van der Waals surface area contributed by atoms with Gasteiger partial charge >= 0.3 is 0 Å². The number of pyridine rings is 1. The van der Waals surface area contributed by atoms with E-state index in [-0.39, 0.29) is 0 Å². The Kier molecular flexibility index (Phi) is 5.36. The van der Waals surface area contributed by atoms with E-state index in [1.807, 2.05) is 6.20 Å². The average Bonchev–Trinajstić information content (AvgIpc) is 3.11. The first-order chi connectivity index (χ1) is 14.3. The molecule has 0 saturated carbocycles.